The van der Waals surface area contributed by atoms with Crippen LogP contribution < -0.4 is 10.6 Å². The zero-order valence-electron chi connectivity index (χ0n) is 22.2. The summed E-state index contributed by atoms with van der Waals surface area (Å²) in [6, 6.07) is 12.3. The Labute approximate surface area is 256 Å². The summed E-state index contributed by atoms with van der Waals surface area (Å²) in [5.41, 5.74) is 1.33. The molecule has 2 aromatic carbocycles. The molecule has 0 bridgehead atoms. The molecule has 0 aliphatic carbocycles. The summed E-state index contributed by atoms with van der Waals surface area (Å²) in [6.45, 7) is 7.00. The molecule has 1 saturated heterocycles. The van der Waals surface area contributed by atoms with E-state index in [1.54, 1.807) is 6.07 Å². The van der Waals surface area contributed by atoms with Crippen LogP contribution in [0.1, 0.15) is 36.2 Å². The van der Waals surface area contributed by atoms with Gasteiger partial charge in [0.15, 0.2) is 0 Å². The number of hydrogen-bond donors (Lipinski definition) is 3. The predicted molar refractivity (Wildman–Crippen MR) is 164 cm³/mol. The number of nitrogens with zero attached hydrogens (tertiary/aromatic N) is 1. The fourth-order valence-corrected chi connectivity index (χ4v) is 6.03. The van der Waals surface area contributed by atoms with Crippen LogP contribution in [0.25, 0.3) is 0 Å². The molecule has 0 saturated carbocycles. The van der Waals surface area contributed by atoms with Gasteiger partial charge >= 0.3 is 7.12 Å². The van der Waals surface area contributed by atoms with Crippen molar-refractivity contribution in [3.63, 3.8) is 0 Å². The zero-order chi connectivity index (χ0) is 28.4. The molecule has 2 aromatic rings. The first-order chi connectivity index (χ1) is 18.7. The van der Waals surface area contributed by atoms with Gasteiger partial charge in [0, 0.05) is 52.7 Å². The van der Waals surface area contributed by atoms with E-state index in [2.05, 4.69) is 77.2 Å². The molecule has 3 N–H and O–H groups in total. The van der Waals surface area contributed by atoms with Crippen LogP contribution in [-0.2, 0) is 20.5 Å². The monoisotopic (exact) mass is 729 g/mol. The van der Waals surface area contributed by atoms with Crippen molar-refractivity contribution in [2.24, 2.45) is 5.92 Å². The van der Waals surface area contributed by atoms with Crippen molar-refractivity contribution in [3.05, 3.63) is 67.0 Å². The fourth-order valence-electron chi connectivity index (χ4n) is 4.40. The second kappa shape index (κ2) is 16.2. The van der Waals surface area contributed by atoms with Gasteiger partial charge in [0.05, 0.1) is 18.1 Å². The first-order valence-electron chi connectivity index (χ1n) is 13.0. The number of hydrogen-bond acceptors (Lipinski definition) is 6. The lowest BCUT2D eigenvalue weighted by atomic mass is 9.73. The van der Waals surface area contributed by atoms with Gasteiger partial charge in [0.1, 0.15) is 6.04 Å². The third kappa shape index (κ3) is 10.3. The van der Waals surface area contributed by atoms with E-state index < -0.39 is 19.1 Å². The molecule has 0 unspecified atom stereocenters. The van der Waals surface area contributed by atoms with Crippen molar-refractivity contribution >= 4 is 66.7 Å². The Bertz CT molecular complexity index is 1090. The molecule has 1 aliphatic heterocycles. The van der Waals surface area contributed by atoms with Gasteiger partial charge in [-0.05, 0) is 61.9 Å². The molecular weight excluding hydrogens is 697 g/mol. The Kier molecular flexibility index (Phi) is 13.4. The smallest absolute Gasteiger partial charge is 0.408 e. The highest BCUT2D eigenvalue weighted by atomic mass is 79.9. The highest BCUT2D eigenvalue weighted by Crippen LogP contribution is 2.30. The number of aliphatic hydroxyl groups excluding tert-OH is 1. The average molecular weight is 732 g/mol. The maximum Gasteiger partial charge on any atom is 0.480 e. The summed E-state index contributed by atoms with van der Waals surface area (Å²) >= 11 is 10.4. The number of halogens is 3. The van der Waals surface area contributed by atoms with E-state index in [1.807, 2.05) is 36.4 Å². The van der Waals surface area contributed by atoms with E-state index in [-0.39, 0.29) is 24.3 Å². The van der Waals surface area contributed by atoms with Crippen LogP contribution in [0, 0.1) is 5.92 Å². The van der Waals surface area contributed by atoms with E-state index in [1.165, 1.54) is 0 Å². The second-order valence-corrected chi connectivity index (χ2v) is 12.4. The quantitative estimate of drug-likeness (QED) is 0.237. The number of carbonyl (C=O) groups is 2. The molecule has 2 amide bonds. The summed E-state index contributed by atoms with van der Waals surface area (Å²) in [6.07, 6.45) is 0.967. The number of carbonyl (C=O) groups excluding carboxylic acids is 2. The molecule has 1 heterocycles. The molecule has 1 aliphatic rings. The van der Waals surface area contributed by atoms with Gasteiger partial charge < -0.3 is 25.0 Å². The lowest BCUT2D eigenvalue weighted by Crippen LogP contribution is -2.57. The third-order valence-corrected chi connectivity index (χ3v) is 8.79. The molecule has 0 radical (unpaired) electrons. The Morgan fingerprint density at radius 2 is 1.72 bits per heavy atom. The van der Waals surface area contributed by atoms with Crippen LogP contribution in [0.5, 0.6) is 0 Å². The summed E-state index contributed by atoms with van der Waals surface area (Å²) < 4.78 is 14.2. The molecular formula is C27H35BBr3N3O5. The average Bonchev–Trinajstić information content (AvgIpc) is 2.87. The minimum absolute atomic E-state index is 0.0808. The second-order valence-electron chi connectivity index (χ2n) is 9.88. The van der Waals surface area contributed by atoms with Gasteiger partial charge in [0.2, 0.25) is 5.91 Å². The summed E-state index contributed by atoms with van der Waals surface area (Å²) in [5, 5.41) is 15.3. The van der Waals surface area contributed by atoms with Crippen molar-refractivity contribution in [1.29, 1.82) is 0 Å². The third-order valence-electron chi connectivity index (χ3n) is 6.32. The maximum atomic E-state index is 13.8. The molecule has 3 rings (SSSR count). The summed E-state index contributed by atoms with van der Waals surface area (Å²) in [4.78, 5) is 29.2. The highest BCUT2D eigenvalue weighted by Gasteiger charge is 2.35. The van der Waals surface area contributed by atoms with Gasteiger partial charge in [-0.1, -0.05) is 60.1 Å². The lowest BCUT2D eigenvalue weighted by Gasteiger charge is -2.31. The molecule has 2 atom stereocenters. The first-order valence-corrected chi connectivity index (χ1v) is 15.4. The van der Waals surface area contributed by atoms with Crippen LogP contribution >= 0.6 is 47.8 Å². The van der Waals surface area contributed by atoms with Crippen LogP contribution in [0.4, 0.5) is 0 Å². The molecule has 0 spiro atoms. The standard InChI is InChI=1S/C27H35BBr3N3O5/c1-18(2)14-24(28-38-12-9-34(8-11-35)10-13-39-28)33-27(37)23(15-19-6-4-3-5-7-19)32-26(36)21-16-20(29)17-22(30)25(21)31/h3-7,16-18,23-24,35H,8-15H2,1-2H3,(H,32,36)(H,33,37)/t23-,24-/m0/s1. The minimum atomic E-state index is -0.826. The lowest BCUT2D eigenvalue weighted by molar-refractivity contribution is -0.123. The molecule has 12 heteroatoms. The molecule has 8 nitrogen and oxygen atoms in total. The van der Waals surface area contributed by atoms with Crippen LogP contribution in [0.15, 0.2) is 55.9 Å². The summed E-state index contributed by atoms with van der Waals surface area (Å²) in [7, 11) is -0.615. The summed E-state index contributed by atoms with van der Waals surface area (Å²) in [5.74, 6) is -0.804. The Balaban J connectivity index is 1.79. The molecule has 212 valence electrons. The fraction of sp³-hybridized carbons (Fsp3) is 0.481. The normalized spacial score (nSPS) is 16.3. The van der Waals surface area contributed by atoms with Crippen molar-refractivity contribution in [2.45, 2.75) is 38.7 Å². The molecule has 0 aromatic heterocycles. The maximum absolute atomic E-state index is 13.8. The van der Waals surface area contributed by atoms with Crippen LogP contribution in [0.3, 0.4) is 0 Å². The number of nitrogens with one attached hydrogen (secondary N) is 2. The first kappa shape index (κ1) is 32.2. The van der Waals surface area contributed by atoms with Crippen molar-refractivity contribution < 1.29 is 24.0 Å². The van der Waals surface area contributed by atoms with Crippen LogP contribution in [0.2, 0.25) is 0 Å². The molecule has 1 fully saturated rings. The van der Waals surface area contributed by atoms with E-state index in [9.17, 15) is 14.7 Å². The predicted octanol–water partition coefficient (Wildman–Crippen LogP) is 4.21. The van der Waals surface area contributed by atoms with E-state index >= 15 is 0 Å². The topological polar surface area (TPSA) is 100 Å². The van der Waals surface area contributed by atoms with Gasteiger partial charge in [-0.25, -0.2) is 0 Å². The van der Waals surface area contributed by atoms with E-state index in [0.29, 0.717) is 55.7 Å². The number of benzene rings is 2. The van der Waals surface area contributed by atoms with Crippen molar-refractivity contribution in [2.75, 3.05) is 39.5 Å². The van der Waals surface area contributed by atoms with Gasteiger partial charge in [0.25, 0.3) is 5.91 Å². The Hall–Kier alpha value is -1.28. The highest BCUT2D eigenvalue weighted by molar-refractivity contribution is 9.13. The number of amides is 2. The SMILES string of the molecule is CC(C)C[C@H](NC(=O)[C@H](Cc1ccccc1)NC(=O)c1cc(Br)cc(Br)c1Br)B1OCCN(CCO)CCO1. The Morgan fingerprint density at radius 1 is 1.05 bits per heavy atom. The van der Waals surface area contributed by atoms with Gasteiger partial charge in [-0.2, -0.15) is 0 Å². The van der Waals surface area contributed by atoms with Gasteiger partial charge in [-0.3, -0.25) is 14.5 Å². The minimum Gasteiger partial charge on any atom is -0.408 e. The van der Waals surface area contributed by atoms with E-state index in [4.69, 9.17) is 9.31 Å². The molecule has 39 heavy (non-hydrogen) atoms. The number of aliphatic hydroxyl groups is 1. The van der Waals surface area contributed by atoms with Crippen LogP contribution in [-0.4, -0.2) is 80.4 Å². The van der Waals surface area contributed by atoms with E-state index in [0.717, 1.165) is 14.5 Å². The van der Waals surface area contributed by atoms with Crippen molar-refractivity contribution in [1.82, 2.24) is 15.5 Å². The largest absolute Gasteiger partial charge is 0.480 e. The van der Waals surface area contributed by atoms with Crippen molar-refractivity contribution in [3.8, 4) is 0 Å². The number of β-amino-alcohol motifs (C(OH)–C–C–N with tert-alkyl or cyclic N) is 1. The zero-order valence-corrected chi connectivity index (χ0v) is 26.9. The number of rotatable bonds is 11. The van der Waals surface area contributed by atoms with Gasteiger partial charge in [-0.15, -0.1) is 0 Å². The Morgan fingerprint density at radius 3 is 2.33 bits per heavy atom.